The lowest BCUT2D eigenvalue weighted by Crippen LogP contribution is -1.86. The van der Waals surface area contributed by atoms with E-state index in [9.17, 15) is 0 Å². The lowest BCUT2D eigenvalue weighted by Gasteiger charge is -1.97. The van der Waals surface area contributed by atoms with E-state index in [-0.39, 0.29) is 0 Å². The van der Waals surface area contributed by atoms with Gasteiger partial charge in [0.1, 0.15) is 15.7 Å². The summed E-state index contributed by atoms with van der Waals surface area (Å²) in [6, 6.07) is 9.95. The summed E-state index contributed by atoms with van der Waals surface area (Å²) in [5, 5.41) is 4.01. The van der Waals surface area contributed by atoms with Crippen LogP contribution in [0.25, 0.3) is 31.8 Å². The van der Waals surface area contributed by atoms with Crippen LogP contribution in [0.3, 0.4) is 0 Å². The number of aromatic nitrogens is 4. The minimum absolute atomic E-state index is 0.909. The van der Waals surface area contributed by atoms with Gasteiger partial charge in [0.2, 0.25) is 0 Å². The molecule has 0 saturated heterocycles. The molecule has 0 bridgehead atoms. The average molecular weight is 350 g/mol. The molecule has 0 aromatic carbocycles. The minimum Gasteiger partial charge on any atom is -0.264 e. The molecule has 0 fully saturated rings. The molecule has 24 heavy (non-hydrogen) atoms. The van der Waals surface area contributed by atoms with Gasteiger partial charge in [-0.2, -0.15) is 0 Å². The average Bonchev–Trinajstić information content (AvgIpc) is 3.22. The first kappa shape index (κ1) is 15.1. The van der Waals surface area contributed by atoms with Crippen molar-refractivity contribution in [1.29, 1.82) is 0 Å². The molecule has 0 aliphatic rings. The number of hydrogen-bond acceptors (Lipinski definition) is 6. The number of pyridine rings is 2. The van der Waals surface area contributed by atoms with Gasteiger partial charge < -0.3 is 0 Å². The smallest absolute Gasteiger partial charge is 0.136 e. The third-order valence-corrected chi connectivity index (χ3v) is 5.76. The van der Waals surface area contributed by atoms with Gasteiger partial charge in [0.25, 0.3) is 0 Å². The van der Waals surface area contributed by atoms with Crippen LogP contribution in [0.2, 0.25) is 0 Å². The summed E-state index contributed by atoms with van der Waals surface area (Å²) in [4.78, 5) is 19.3. The van der Waals surface area contributed by atoms with Gasteiger partial charge >= 0.3 is 0 Å². The van der Waals surface area contributed by atoms with Crippen LogP contribution in [0.1, 0.15) is 11.4 Å². The van der Waals surface area contributed by atoms with E-state index in [0.717, 1.165) is 43.2 Å². The van der Waals surface area contributed by atoms with Crippen molar-refractivity contribution < 1.29 is 0 Å². The third-order valence-electron chi connectivity index (χ3n) is 3.55. The van der Waals surface area contributed by atoms with E-state index in [1.54, 1.807) is 28.9 Å². The molecule has 4 rings (SSSR count). The maximum atomic E-state index is 4.77. The first-order valence-corrected chi connectivity index (χ1v) is 9.18. The lowest BCUT2D eigenvalue weighted by molar-refractivity contribution is 1.19. The second-order valence-electron chi connectivity index (χ2n) is 5.38. The largest absolute Gasteiger partial charge is 0.264 e. The fraction of sp³-hybridized carbons (Fsp3) is 0.111. The Bertz CT molecular complexity index is 989. The van der Waals surface area contributed by atoms with Gasteiger partial charge in [-0.1, -0.05) is 6.07 Å². The topological polar surface area (TPSA) is 51.6 Å². The Morgan fingerprint density at radius 1 is 0.875 bits per heavy atom. The molecular weight excluding hydrogens is 336 g/mol. The zero-order valence-electron chi connectivity index (χ0n) is 13.2. The number of rotatable bonds is 3. The van der Waals surface area contributed by atoms with E-state index in [1.807, 2.05) is 50.4 Å². The Kier molecular flexibility index (Phi) is 3.92. The van der Waals surface area contributed by atoms with Crippen molar-refractivity contribution in [3.8, 4) is 31.8 Å². The van der Waals surface area contributed by atoms with Crippen LogP contribution in [0, 0.1) is 13.8 Å². The van der Waals surface area contributed by atoms with Crippen molar-refractivity contribution in [2.75, 3.05) is 0 Å². The first-order valence-electron chi connectivity index (χ1n) is 7.48. The Labute approximate surface area is 147 Å². The SMILES string of the molecule is Cc1cccc(-c2csc(-c3sc(-c4cccnc4)nc3C)n2)n1. The first-order chi connectivity index (χ1) is 11.7. The summed E-state index contributed by atoms with van der Waals surface area (Å²) in [5.41, 5.74) is 4.85. The molecular formula is C18H14N4S2. The lowest BCUT2D eigenvalue weighted by atomic mass is 10.2. The summed E-state index contributed by atoms with van der Waals surface area (Å²) in [5.74, 6) is 0. The van der Waals surface area contributed by atoms with E-state index >= 15 is 0 Å². The number of nitrogens with zero attached hydrogens (tertiary/aromatic N) is 4. The van der Waals surface area contributed by atoms with Crippen molar-refractivity contribution in [2.24, 2.45) is 0 Å². The fourth-order valence-corrected chi connectivity index (χ4v) is 4.40. The summed E-state index contributed by atoms with van der Waals surface area (Å²) in [7, 11) is 0. The minimum atomic E-state index is 0.909. The highest BCUT2D eigenvalue weighted by Crippen LogP contribution is 2.37. The van der Waals surface area contributed by atoms with Crippen LogP contribution in [0.4, 0.5) is 0 Å². The Hall–Kier alpha value is -2.44. The van der Waals surface area contributed by atoms with Crippen molar-refractivity contribution in [2.45, 2.75) is 13.8 Å². The van der Waals surface area contributed by atoms with Crippen LogP contribution < -0.4 is 0 Å². The molecule has 118 valence electrons. The molecule has 0 N–H and O–H groups in total. The van der Waals surface area contributed by atoms with E-state index < -0.39 is 0 Å². The second-order valence-corrected chi connectivity index (χ2v) is 7.23. The van der Waals surface area contributed by atoms with Crippen LogP contribution in [0.15, 0.2) is 48.1 Å². The Balaban J connectivity index is 1.72. The monoisotopic (exact) mass is 350 g/mol. The van der Waals surface area contributed by atoms with E-state index in [4.69, 9.17) is 4.98 Å². The summed E-state index contributed by atoms with van der Waals surface area (Å²) in [6.07, 6.45) is 3.61. The zero-order valence-corrected chi connectivity index (χ0v) is 14.9. The summed E-state index contributed by atoms with van der Waals surface area (Å²) < 4.78 is 0. The maximum absolute atomic E-state index is 4.77. The summed E-state index contributed by atoms with van der Waals surface area (Å²) >= 11 is 3.28. The highest BCUT2D eigenvalue weighted by Gasteiger charge is 2.15. The van der Waals surface area contributed by atoms with Crippen molar-refractivity contribution in [3.05, 3.63) is 59.5 Å². The van der Waals surface area contributed by atoms with Crippen LogP contribution >= 0.6 is 22.7 Å². The molecule has 0 spiro atoms. The molecule has 0 saturated carbocycles. The van der Waals surface area contributed by atoms with Gasteiger partial charge in [0, 0.05) is 29.0 Å². The van der Waals surface area contributed by atoms with E-state index in [0.29, 0.717) is 0 Å². The standard InChI is InChI=1S/C18H14N4S2/c1-11-5-3-7-14(20-11)15-10-23-18(22-15)16-12(2)21-17(24-16)13-6-4-8-19-9-13/h3-10H,1-2H3. The van der Waals surface area contributed by atoms with Gasteiger partial charge in [0.05, 0.1) is 16.3 Å². The highest BCUT2D eigenvalue weighted by atomic mass is 32.1. The van der Waals surface area contributed by atoms with Gasteiger partial charge in [0.15, 0.2) is 0 Å². The van der Waals surface area contributed by atoms with Crippen molar-refractivity contribution in [3.63, 3.8) is 0 Å². The van der Waals surface area contributed by atoms with E-state index in [2.05, 4.69) is 20.3 Å². The van der Waals surface area contributed by atoms with Crippen LogP contribution in [-0.4, -0.2) is 19.9 Å². The molecule has 0 unspecified atom stereocenters. The Morgan fingerprint density at radius 2 is 1.79 bits per heavy atom. The van der Waals surface area contributed by atoms with Crippen LogP contribution in [0.5, 0.6) is 0 Å². The molecule has 4 nitrogen and oxygen atoms in total. The van der Waals surface area contributed by atoms with Gasteiger partial charge in [-0.25, -0.2) is 9.97 Å². The highest BCUT2D eigenvalue weighted by molar-refractivity contribution is 7.23. The van der Waals surface area contributed by atoms with Gasteiger partial charge in [-0.3, -0.25) is 9.97 Å². The summed E-state index contributed by atoms with van der Waals surface area (Å²) in [6.45, 7) is 4.02. The van der Waals surface area contributed by atoms with Gasteiger partial charge in [-0.05, 0) is 38.1 Å². The van der Waals surface area contributed by atoms with Crippen molar-refractivity contribution in [1.82, 2.24) is 19.9 Å². The number of aryl methyl sites for hydroxylation is 2. The number of thiazole rings is 2. The molecule has 0 amide bonds. The molecule has 4 heterocycles. The normalized spacial score (nSPS) is 10.9. The zero-order chi connectivity index (χ0) is 16.5. The fourth-order valence-electron chi connectivity index (χ4n) is 2.39. The van der Waals surface area contributed by atoms with Gasteiger partial charge in [-0.15, -0.1) is 22.7 Å². The molecule has 0 atom stereocenters. The molecule has 0 radical (unpaired) electrons. The van der Waals surface area contributed by atoms with Crippen molar-refractivity contribution >= 4 is 22.7 Å². The van der Waals surface area contributed by atoms with E-state index in [1.165, 1.54) is 0 Å². The predicted molar refractivity (Wildman–Crippen MR) is 99.2 cm³/mol. The molecule has 6 heteroatoms. The molecule has 4 aromatic heterocycles. The number of hydrogen-bond donors (Lipinski definition) is 0. The predicted octanol–water partition coefficient (Wildman–Crippen LogP) is 5.01. The third kappa shape index (κ3) is 2.86. The second kappa shape index (κ2) is 6.22. The molecule has 4 aromatic rings. The van der Waals surface area contributed by atoms with Crippen LogP contribution in [-0.2, 0) is 0 Å². The maximum Gasteiger partial charge on any atom is 0.136 e. The molecule has 0 aliphatic carbocycles. The molecule has 0 aliphatic heterocycles. The quantitative estimate of drug-likeness (QED) is 0.521. The Morgan fingerprint density at radius 3 is 2.58 bits per heavy atom.